The van der Waals surface area contributed by atoms with E-state index in [1.165, 1.54) is 19.3 Å². The summed E-state index contributed by atoms with van der Waals surface area (Å²) in [7, 11) is 0. The number of hydrogen-bond acceptors (Lipinski definition) is 6. The number of terminal acetylenes is 1. The summed E-state index contributed by atoms with van der Waals surface area (Å²) < 4.78 is 0. The maximum Gasteiger partial charge on any atom is 0.234 e. The number of aliphatic hydroxyl groups is 2. The first kappa shape index (κ1) is 38.3. The molecule has 9 nitrogen and oxygen atoms in total. The van der Waals surface area contributed by atoms with E-state index in [4.69, 9.17) is 6.42 Å². The quantitative estimate of drug-likeness (QED) is 0.133. The van der Waals surface area contributed by atoms with Gasteiger partial charge in [-0.1, -0.05) is 40.0 Å². The van der Waals surface area contributed by atoms with Gasteiger partial charge >= 0.3 is 0 Å². The van der Waals surface area contributed by atoms with Gasteiger partial charge in [-0.3, -0.25) is 19.8 Å². The Kier molecular flexibility index (Phi) is 16.9. The minimum Gasteiger partial charge on any atom is -0.393 e. The number of rotatable bonds is 17. The topological polar surface area (TPSA) is 122 Å². The number of aliphatic hydroxyl groups excluding tert-OH is 2. The van der Waals surface area contributed by atoms with Crippen molar-refractivity contribution in [2.75, 3.05) is 26.2 Å². The lowest BCUT2D eigenvalue weighted by molar-refractivity contribution is -0.139. The zero-order valence-corrected chi connectivity index (χ0v) is 29.1. The summed E-state index contributed by atoms with van der Waals surface area (Å²) in [4.78, 5) is 42.4. The van der Waals surface area contributed by atoms with Crippen molar-refractivity contribution in [3.05, 3.63) is 0 Å². The van der Waals surface area contributed by atoms with Crippen LogP contribution in [0.3, 0.4) is 0 Å². The summed E-state index contributed by atoms with van der Waals surface area (Å²) in [6, 6.07) is -0.514. The second-order valence-electron chi connectivity index (χ2n) is 14.6. The van der Waals surface area contributed by atoms with Crippen LogP contribution in [0.25, 0.3) is 0 Å². The average molecular weight is 645 g/mol. The Bertz CT molecular complexity index is 965. The highest BCUT2D eigenvalue weighted by molar-refractivity contribution is 5.83. The third-order valence-electron chi connectivity index (χ3n) is 10.5. The summed E-state index contributed by atoms with van der Waals surface area (Å²) in [5, 5.41) is 26.8. The molecule has 0 aromatic rings. The Morgan fingerprint density at radius 2 is 1.48 bits per heavy atom. The van der Waals surface area contributed by atoms with Gasteiger partial charge in [0.05, 0.1) is 18.2 Å². The predicted molar refractivity (Wildman–Crippen MR) is 182 cm³/mol. The molecule has 3 saturated carbocycles. The largest absolute Gasteiger partial charge is 0.393 e. The van der Waals surface area contributed by atoms with Crippen molar-refractivity contribution in [3.8, 4) is 12.3 Å². The second-order valence-corrected chi connectivity index (χ2v) is 14.6. The van der Waals surface area contributed by atoms with Crippen molar-refractivity contribution >= 4 is 17.7 Å². The van der Waals surface area contributed by atoms with Gasteiger partial charge in [0.15, 0.2) is 0 Å². The minimum atomic E-state index is -0.897. The molecule has 5 atom stereocenters. The van der Waals surface area contributed by atoms with Gasteiger partial charge in [0.25, 0.3) is 0 Å². The SMILES string of the molecule is C#CC1CC(C(=O)NC(CC2CCC(O)CC2)C(O)CN(CCC)NC(=O)CC2CCCCC2)CC(C(=O)N(CCC)CCC)C1. The van der Waals surface area contributed by atoms with Crippen molar-refractivity contribution in [2.24, 2.45) is 29.6 Å². The molecule has 9 heteroatoms. The molecule has 3 aliphatic rings. The standard InChI is InChI=1S/C37H64N4O5/c1-5-18-40(19-6-2)37(46)31-22-27(8-4)21-30(25-31)36(45)38-33(23-29-14-16-32(42)17-15-29)34(43)26-41(20-7-3)39-35(44)24-28-12-10-9-11-13-28/h4,27-34,42-43H,5-7,9-26H2,1-3H3,(H,38,45)(H,39,44). The third-order valence-corrected chi connectivity index (χ3v) is 10.5. The number of nitrogens with zero attached hydrogens (tertiary/aromatic N) is 2. The van der Waals surface area contributed by atoms with Crippen molar-refractivity contribution in [2.45, 2.75) is 148 Å². The molecule has 5 unspecified atom stereocenters. The van der Waals surface area contributed by atoms with Crippen molar-refractivity contribution in [1.29, 1.82) is 0 Å². The van der Waals surface area contributed by atoms with Crippen LogP contribution in [0.1, 0.15) is 130 Å². The van der Waals surface area contributed by atoms with Gasteiger partial charge in [-0.25, -0.2) is 5.01 Å². The van der Waals surface area contributed by atoms with Gasteiger partial charge in [0.2, 0.25) is 17.7 Å². The molecule has 46 heavy (non-hydrogen) atoms. The van der Waals surface area contributed by atoms with Gasteiger partial charge in [0.1, 0.15) is 0 Å². The first-order valence-corrected chi connectivity index (χ1v) is 18.6. The summed E-state index contributed by atoms with van der Waals surface area (Å²) in [5.74, 6) is 2.64. The average Bonchev–Trinajstić information content (AvgIpc) is 3.05. The number of amides is 3. The van der Waals surface area contributed by atoms with Crippen LogP contribution in [0.5, 0.6) is 0 Å². The van der Waals surface area contributed by atoms with E-state index in [1.54, 1.807) is 0 Å². The number of carbonyl (C=O) groups excluding carboxylic acids is 3. The summed E-state index contributed by atoms with van der Waals surface area (Å²) in [6.45, 7) is 8.41. The van der Waals surface area contributed by atoms with Crippen LogP contribution in [-0.2, 0) is 14.4 Å². The van der Waals surface area contributed by atoms with E-state index >= 15 is 0 Å². The lowest BCUT2D eigenvalue weighted by Gasteiger charge is -2.37. The maximum absolute atomic E-state index is 13.9. The summed E-state index contributed by atoms with van der Waals surface area (Å²) in [6.07, 6.45) is 18.9. The fraction of sp³-hybridized carbons (Fsp3) is 0.865. The molecule has 0 saturated heterocycles. The monoisotopic (exact) mass is 644 g/mol. The van der Waals surface area contributed by atoms with Crippen LogP contribution in [0, 0.1) is 41.9 Å². The fourth-order valence-corrected chi connectivity index (χ4v) is 8.04. The zero-order chi connectivity index (χ0) is 33.5. The molecule has 0 spiro atoms. The number of nitrogens with one attached hydrogen (secondary N) is 2. The van der Waals surface area contributed by atoms with Gasteiger partial charge in [-0.2, -0.15) is 0 Å². The van der Waals surface area contributed by atoms with Crippen LogP contribution < -0.4 is 10.7 Å². The first-order valence-electron chi connectivity index (χ1n) is 18.6. The molecule has 0 aromatic carbocycles. The molecular weight excluding hydrogens is 580 g/mol. The van der Waals surface area contributed by atoms with E-state index < -0.39 is 18.1 Å². The Morgan fingerprint density at radius 3 is 2.09 bits per heavy atom. The van der Waals surface area contributed by atoms with Crippen LogP contribution in [0.15, 0.2) is 0 Å². The highest BCUT2D eigenvalue weighted by Gasteiger charge is 2.39. The van der Waals surface area contributed by atoms with Crippen LogP contribution >= 0.6 is 0 Å². The molecule has 0 aliphatic heterocycles. The van der Waals surface area contributed by atoms with Gasteiger partial charge in [-0.05, 0) is 95.3 Å². The van der Waals surface area contributed by atoms with E-state index in [2.05, 4.69) is 30.5 Å². The predicted octanol–water partition coefficient (Wildman–Crippen LogP) is 4.80. The van der Waals surface area contributed by atoms with E-state index in [9.17, 15) is 24.6 Å². The summed E-state index contributed by atoms with van der Waals surface area (Å²) >= 11 is 0. The van der Waals surface area contributed by atoms with Crippen LogP contribution in [0.4, 0.5) is 0 Å². The molecule has 262 valence electrons. The Balaban J connectivity index is 1.70. The van der Waals surface area contributed by atoms with Crippen molar-refractivity contribution in [3.63, 3.8) is 0 Å². The third kappa shape index (κ3) is 12.5. The second kappa shape index (κ2) is 20.3. The molecule has 0 radical (unpaired) electrons. The fourth-order valence-electron chi connectivity index (χ4n) is 8.04. The Labute approximate surface area is 279 Å². The summed E-state index contributed by atoms with van der Waals surface area (Å²) in [5.41, 5.74) is 3.06. The number of hydrazine groups is 1. The molecule has 3 aliphatic carbocycles. The van der Waals surface area contributed by atoms with E-state index in [-0.39, 0.29) is 48.1 Å². The number of hydrogen-bond donors (Lipinski definition) is 4. The normalized spacial score (nSPS) is 26.9. The minimum absolute atomic E-state index is 0.00663. The first-order chi connectivity index (χ1) is 22.2. The zero-order valence-electron chi connectivity index (χ0n) is 29.1. The highest BCUT2D eigenvalue weighted by Crippen LogP contribution is 2.35. The van der Waals surface area contributed by atoms with E-state index in [0.29, 0.717) is 57.7 Å². The Morgan fingerprint density at radius 1 is 0.848 bits per heavy atom. The molecule has 3 fully saturated rings. The Hall–Kier alpha value is -2.15. The number of carbonyl (C=O) groups is 3. The lowest BCUT2D eigenvalue weighted by atomic mass is 9.74. The van der Waals surface area contributed by atoms with Crippen LogP contribution in [0.2, 0.25) is 0 Å². The van der Waals surface area contributed by atoms with E-state index in [1.807, 2.05) is 16.8 Å². The van der Waals surface area contributed by atoms with Crippen molar-refractivity contribution < 1.29 is 24.6 Å². The maximum atomic E-state index is 13.9. The molecular formula is C37H64N4O5. The molecule has 3 rings (SSSR count). The van der Waals surface area contributed by atoms with Gasteiger partial charge in [0, 0.05) is 50.4 Å². The van der Waals surface area contributed by atoms with E-state index in [0.717, 1.165) is 57.8 Å². The van der Waals surface area contributed by atoms with Gasteiger partial charge < -0.3 is 20.4 Å². The molecule has 3 amide bonds. The molecule has 0 heterocycles. The van der Waals surface area contributed by atoms with Gasteiger partial charge in [-0.15, -0.1) is 12.3 Å². The van der Waals surface area contributed by atoms with Crippen LogP contribution in [-0.4, -0.2) is 82.3 Å². The lowest BCUT2D eigenvalue weighted by Crippen LogP contribution is -2.54. The molecule has 4 N–H and O–H groups in total. The van der Waals surface area contributed by atoms with Crippen molar-refractivity contribution in [1.82, 2.24) is 20.7 Å². The smallest absolute Gasteiger partial charge is 0.234 e. The molecule has 0 aromatic heterocycles. The highest BCUT2D eigenvalue weighted by atomic mass is 16.3. The molecule has 0 bridgehead atoms.